The standard InChI is InChI=1S/C17H25ClN2O3/c1-2-20-17(21)23-10-9-22-16(14-6-4-8-19-12-14)13-5-3-7-15(18)11-13/h3,5,7,11,14,16,19H,2,4,6,8-10,12H2,1H3,(H,20,21)/t14-,16?/m1/s1. The van der Waals surface area contributed by atoms with Crippen molar-refractivity contribution in [1.29, 1.82) is 0 Å². The maximum atomic E-state index is 11.3. The van der Waals surface area contributed by atoms with Crippen molar-refractivity contribution in [3.05, 3.63) is 34.9 Å². The van der Waals surface area contributed by atoms with E-state index >= 15 is 0 Å². The van der Waals surface area contributed by atoms with Crippen LogP contribution in [0.25, 0.3) is 0 Å². The van der Waals surface area contributed by atoms with Crippen molar-refractivity contribution in [2.45, 2.75) is 25.9 Å². The Morgan fingerprint density at radius 2 is 2.35 bits per heavy atom. The minimum absolute atomic E-state index is 0.0423. The van der Waals surface area contributed by atoms with Crippen molar-refractivity contribution in [2.24, 2.45) is 5.92 Å². The third-order valence-corrected chi connectivity index (χ3v) is 4.11. The van der Waals surface area contributed by atoms with E-state index in [4.69, 9.17) is 21.1 Å². The molecule has 0 aliphatic carbocycles. The monoisotopic (exact) mass is 340 g/mol. The Morgan fingerprint density at radius 1 is 1.48 bits per heavy atom. The van der Waals surface area contributed by atoms with Gasteiger partial charge in [-0.05, 0) is 44.0 Å². The minimum Gasteiger partial charge on any atom is -0.447 e. The molecular weight excluding hydrogens is 316 g/mol. The van der Waals surface area contributed by atoms with Gasteiger partial charge in [0.1, 0.15) is 6.61 Å². The number of carbonyl (C=O) groups is 1. The zero-order valence-corrected chi connectivity index (χ0v) is 14.3. The Bertz CT molecular complexity index is 492. The van der Waals surface area contributed by atoms with Crippen LogP contribution in [0.3, 0.4) is 0 Å². The molecule has 0 spiro atoms. The van der Waals surface area contributed by atoms with E-state index in [-0.39, 0.29) is 12.7 Å². The number of halogens is 1. The number of rotatable bonds is 7. The molecule has 6 heteroatoms. The maximum Gasteiger partial charge on any atom is 0.407 e. The predicted octanol–water partition coefficient (Wildman–Crippen LogP) is 3.14. The van der Waals surface area contributed by atoms with Gasteiger partial charge in [0.05, 0.1) is 12.7 Å². The molecule has 2 atom stereocenters. The summed E-state index contributed by atoms with van der Waals surface area (Å²) < 4.78 is 11.1. The highest BCUT2D eigenvalue weighted by Gasteiger charge is 2.26. The highest BCUT2D eigenvalue weighted by Crippen LogP contribution is 2.31. The molecule has 2 rings (SSSR count). The van der Waals surface area contributed by atoms with Crippen LogP contribution >= 0.6 is 11.6 Å². The average molecular weight is 341 g/mol. The van der Waals surface area contributed by atoms with Gasteiger partial charge in [0.15, 0.2) is 0 Å². The van der Waals surface area contributed by atoms with Crippen LogP contribution in [0.15, 0.2) is 24.3 Å². The summed E-state index contributed by atoms with van der Waals surface area (Å²) in [6, 6.07) is 7.79. The molecule has 1 aromatic rings. The molecule has 1 unspecified atom stereocenters. The van der Waals surface area contributed by atoms with E-state index in [2.05, 4.69) is 10.6 Å². The van der Waals surface area contributed by atoms with E-state index in [1.807, 2.05) is 31.2 Å². The molecule has 2 N–H and O–H groups in total. The first-order chi connectivity index (χ1) is 11.2. The van der Waals surface area contributed by atoms with E-state index in [1.54, 1.807) is 0 Å². The van der Waals surface area contributed by atoms with E-state index < -0.39 is 6.09 Å². The summed E-state index contributed by atoms with van der Waals surface area (Å²) in [5.74, 6) is 0.395. The summed E-state index contributed by atoms with van der Waals surface area (Å²) in [4.78, 5) is 11.3. The highest BCUT2D eigenvalue weighted by atomic mass is 35.5. The van der Waals surface area contributed by atoms with E-state index in [1.165, 1.54) is 0 Å². The lowest BCUT2D eigenvalue weighted by Crippen LogP contribution is -2.34. The smallest absolute Gasteiger partial charge is 0.407 e. The van der Waals surface area contributed by atoms with Crippen LogP contribution in [0.5, 0.6) is 0 Å². The van der Waals surface area contributed by atoms with E-state index in [9.17, 15) is 4.79 Å². The average Bonchev–Trinajstić information content (AvgIpc) is 2.56. The van der Waals surface area contributed by atoms with Gasteiger partial charge in [0, 0.05) is 24.0 Å². The SMILES string of the molecule is CCNC(=O)OCCOC(c1cccc(Cl)c1)[C@@H]1CCCNC1. The van der Waals surface area contributed by atoms with Crippen molar-refractivity contribution < 1.29 is 14.3 Å². The fourth-order valence-electron chi connectivity index (χ4n) is 2.83. The Labute approximate surface area is 142 Å². The molecule has 0 bridgehead atoms. The van der Waals surface area contributed by atoms with Crippen molar-refractivity contribution in [3.63, 3.8) is 0 Å². The molecule has 0 saturated carbocycles. The Morgan fingerprint density at radius 3 is 3.04 bits per heavy atom. The Kier molecular flexibility index (Phi) is 7.65. The molecule has 0 aromatic heterocycles. The fraction of sp³-hybridized carbons (Fsp3) is 0.588. The van der Waals surface area contributed by atoms with Crippen LogP contribution in [0, 0.1) is 5.92 Å². The number of ether oxygens (including phenoxy) is 2. The fourth-order valence-corrected chi connectivity index (χ4v) is 3.03. The number of hydrogen-bond acceptors (Lipinski definition) is 4. The van der Waals surface area contributed by atoms with E-state index in [0.717, 1.165) is 31.5 Å². The molecule has 23 heavy (non-hydrogen) atoms. The zero-order valence-electron chi connectivity index (χ0n) is 13.5. The van der Waals surface area contributed by atoms with Gasteiger partial charge in [0.2, 0.25) is 0 Å². The molecule has 5 nitrogen and oxygen atoms in total. The molecule has 0 radical (unpaired) electrons. The molecule has 128 valence electrons. The topological polar surface area (TPSA) is 59.6 Å². The maximum absolute atomic E-state index is 11.3. The lowest BCUT2D eigenvalue weighted by atomic mass is 9.89. The molecule has 1 saturated heterocycles. The number of alkyl carbamates (subject to hydrolysis) is 1. The summed E-state index contributed by atoms with van der Waals surface area (Å²) in [5, 5.41) is 6.72. The van der Waals surface area contributed by atoms with Crippen LogP contribution in [-0.4, -0.2) is 38.9 Å². The lowest BCUT2D eigenvalue weighted by molar-refractivity contribution is -0.0164. The summed E-state index contributed by atoms with van der Waals surface area (Å²) in [6.07, 6.45) is 1.80. The number of benzene rings is 1. The second-order valence-electron chi connectivity index (χ2n) is 5.62. The number of nitrogens with one attached hydrogen (secondary N) is 2. The first-order valence-corrected chi connectivity index (χ1v) is 8.57. The van der Waals surface area contributed by atoms with E-state index in [0.29, 0.717) is 24.1 Å². The summed E-state index contributed by atoms with van der Waals surface area (Å²) in [7, 11) is 0. The second-order valence-corrected chi connectivity index (χ2v) is 6.06. The zero-order chi connectivity index (χ0) is 16.5. The van der Waals surface area contributed by atoms with Gasteiger partial charge in [-0.3, -0.25) is 0 Å². The third-order valence-electron chi connectivity index (χ3n) is 3.88. The molecule has 1 aliphatic rings. The van der Waals surface area contributed by atoms with Gasteiger partial charge < -0.3 is 20.1 Å². The predicted molar refractivity (Wildman–Crippen MR) is 90.8 cm³/mol. The van der Waals surface area contributed by atoms with Gasteiger partial charge in [-0.1, -0.05) is 23.7 Å². The van der Waals surface area contributed by atoms with Gasteiger partial charge >= 0.3 is 6.09 Å². The summed E-state index contributed by atoms with van der Waals surface area (Å²) in [5.41, 5.74) is 1.07. The van der Waals surface area contributed by atoms with Gasteiger partial charge in [-0.25, -0.2) is 4.79 Å². The summed E-state index contributed by atoms with van der Waals surface area (Å²) in [6.45, 7) is 4.99. The Hall–Kier alpha value is -1.30. The molecule has 1 aromatic carbocycles. The minimum atomic E-state index is -0.408. The molecule has 1 aliphatic heterocycles. The van der Waals surface area contributed by atoms with Gasteiger partial charge in [0.25, 0.3) is 0 Å². The number of hydrogen-bond donors (Lipinski definition) is 2. The van der Waals surface area contributed by atoms with Crippen molar-refractivity contribution in [1.82, 2.24) is 10.6 Å². The van der Waals surface area contributed by atoms with Gasteiger partial charge in [-0.15, -0.1) is 0 Å². The first-order valence-electron chi connectivity index (χ1n) is 8.19. The van der Waals surface area contributed by atoms with Crippen LogP contribution in [0.4, 0.5) is 4.79 Å². The second kappa shape index (κ2) is 9.75. The van der Waals surface area contributed by atoms with Crippen LogP contribution in [0.2, 0.25) is 5.02 Å². The number of carbonyl (C=O) groups excluding carboxylic acids is 1. The Balaban J connectivity index is 1.92. The van der Waals surface area contributed by atoms with Crippen molar-refractivity contribution >= 4 is 17.7 Å². The van der Waals surface area contributed by atoms with Crippen LogP contribution in [0.1, 0.15) is 31.4 Å². The number of piperidine rings is 1. The van der Waals surface area contributed by atoms with Crippen molar-refractivity contribution in [3.8, 4) is 0 Å². The molecule has 1 amide bonds. The largest absolute Gasteiger partial charge is 0.447 e. The first kappa shape index (κ1) is 18.0. The number of amides is 1. The third kappa shape index (κ3) is 6.01. The lowest BCUT2D eigenvalue weighted by Gasteiger charge is -2.31. The van der Waals surface area contributed by atoms with Gasteiger partial charge in [-0.2, -0.15) is 0 Å². The highest BCUT2D eigenvalue weighted by molar-refractivity contribution is 6.30. The quantitative estimate of drug-likeness (QED) is 0.749. The van der Waals surface area contributed by atoms with Crippen LogP contribution in [-0.2, 0) is 9.47 Å². The molecule has 1 fully saturated rings. The van der Waals surface area contributed by atoms with Crippen LogP contribution < -0.4 is 10.6 Å². The summed E-state index contributed by atoms with van der Waals surface area (Å²) >= 11 is 6.12. The molecular formula is C17H25ClN2O3. The molecule has 1 heterocycles. The van der Waals surface area contributed by atoms with Crippen molar-refractivity contribution in [2.75, 3.05) is 32.8 Å². The normalized spacial score (nSPS) is 19.1.